The van der Waals surface area contributed by atoms with E-state index < -0.39 is 5.91 Å². The zero-order valence-electron chi connectivity index (χ0n) is 15.7. The van der Waals surface area contributed by atoms with Gasteiger partial charge in [0, 0.05) is 12.1 Å². The summed E-state index contributed by atoms with van der Waals surface area (Å²) < 4.78 is 5.88. The molecular formula is C22H29ClN2O2. The van der Waals surface area contributed by atoms with Crippen LogP contribution in [0.4, 0.5) is 0 Å². The number of nitrogens with one attached hydrogen (secondary N) is 1. The van der Waals surface area contributed by atoms with Crippen molar-refractivity contribution in [2.24, 2.45) is 11.7 Å². The van der Waals surface area contributed by atoms with Crippen LogP contribution >= 0.6 is 12.4 Å². The fourth-order valence-corrected chi connectivity index (χ4v) is 3.56. The normalized spacial score (nSPS) is 14.4. The van der Waals surface area contributed by atoms with Crippen LogP contribution in [0.1, 0.15) is 42.5 Å². The van der Waals surface area contributed by atoms with Gasteiger partial charge in [0.25, 0.3) is 0 Å². The molecule has 0 atom stereocenters. The second-order valence-corrected chi connectivity index (χ2v) is 7.03. The zero-order valence-corrected chi connectivity index (χ0v) is 16.5. The number of hydrogen-bond acceptors (Lipinski definition) is 3. The van der Waals surface area contributed by atoms with Crippen molar-refractivity contribution in [3.63, 3.8) is 0 Å². The van der Waals surface area contributed by atoms with Crippen LogP contribution in [0.2, 0.25) is 0 Å². The summed E-state index contributed by atoms with van der Waals surface area (Å²) in [4.78, 5) is 11.4. The fraction of sp³-hybridized carbons (Fsp3) is 0.409. The number of carbonyl (C=O) groups excluding carboxylic acids is 1. The van der Waals surface area contributed by atoms with Gasteiger partial charge in [-0.05, 0) is 60.7 Å². The standard InChI is InChI=1S/C22H28N2O2.ClH/c23-22(25)20-10-4-8-18(14-20)19-9-5-11-21(15-19)26-13-12-24-16-17-6-2-1-3-7-17;/h4-5,8-11,14-15,17,24H,1-3,6-7,12-13,16H2,(H2,23,25);1H. The Balaban J connectivity index is 0.00000261. The largest absolute Gasteiger partial charge is 0.492 e. The number of halogens is 1. The molecule has 0 unspecified atom stereocenters. The third-order valence-corrected chi connectivity index (χ3v) is 5.02. The van der Waals surface area contributed by atoms with E-state index in [1.807, 2.05) is 42.5 Å². The van der Waals surface area contributed by atoms with Gasteiger partial charge >= 0.3 is 0 Å². The summed E-state index contributed by atoms with van der Waals surface area (Å²) in [6.45, 7) is 2.61. The number of rotatable bonds is 8. The van der Waals surface area contributed by atoms with Crippen molar-refractivity contribution in [3.8, 4) is 16.9 Å². The van der Waals surface area contributed by atoms with E-state index in [9.17, 15) is 4.79 Å². The van der Waals surface area contributed by atoms with Gasteiger partial charge in [-0.15, -0.1) is 12.4 Å². The van der Waals surface area contributed by atoms with Crippen molar-refractivity contribution >= 4 is 18.3 Å². The molecule has 0 radical (unpaired) electrons. The first-order valence-electron chi connectivity index (χ1n) is 9.56. The van der Waals surface area contributed by atoms with Gasteiger partial charge in [-0.25, -0.2) is 0 Å². The average molecular weight is 389 g/mol. The maximum absolute atomic E-state index is 11.4. The molecule has 1 aliphatic rings. The predicted molar refractivity (Wildman–Crippen MR) is 113 cm³/mol. The van der Waals surface area contributed by atoms with Gasteiger partial charge in [0.15, 0.2) is 0 Å². The lowest BCUT2D eigenvalue weighted by atomic mass is 9.89. The molecular weight excluding hydrogens is 360 g/mol. The van der Waals surface area contributed by atoms with Crippen LogP contribution in [0.3, 0.4) is 0 Å². The van der Waals surface area contributed by atoms with Gasteiger partial charge in [-0.2, -0.15) is 0 Å². The Morgan fingerprint density at radius 1 is 1.04 bits per heavy atom. The lowest BCUT2D eigenvalue weighted by Gasteiger charge is -2.21. The van der Waals surface area contributed by atoms with Crippen LogP contribution in [0, 0.1) is 5.92 Å². The Kier molecular flexibility index (Phi) is 8.62. The van der Waals surface area contributed by atoms with Gasteiger partial charge in [0.05, 0.1) is 0 Å². The molecule has 3 rings (SSSR count). The molecule has 0 saturated heterocycles. The quantitative estimate of drug-likeness (QED) is 0.658. The minimum absolute atomic E-state index is 0. The van der Waals surface area contributed by atoms with Gasteiger partial charge < -0.3 is 15.8 Å². The Morgan fingerprint density at radius 2 is 1.74 bits per heavy atom. The molecule has 2 aromatic rings. The number of hydrogen-bond donors (Lipinski definition) is 2. The molecule has 0 aromatic heterocycles. The van der Waals surface area contributed by atoms with Gasteiger partial charge in [-0.3, -0.25) is 4.79 Å². The third-order valence-electron chi connectivity index (χ3n) is 5.02. The molecule has 5 heteroatoms. The van der Waals surface area contributed by atoms with Crippen molar-refractivity contribution in [2.45, 2.75) is 32.1 Å². The van der Waals surface area contributed by atoms with Gasteiger partial charge in [0.2, 0.25) is 5.91 Å². The number of amides is 1. The van der Waals surface area contributed by atoms with Crippen LogP contribution in [0.5, 0.6) is 5.75 Å². The van der Waals surface area contributed by atoms with Crippen LogP contribution in [0.25, 0.3) is 11.1 Å². The number of carbonyl (C=O) groups is 1. The molecule has 0 aliphatic heterocycles. The van der Waals surface area contributed by atoms with Crippen molar-refractivity contribution in [1.82, 2.24) is 5.32 Å². The van der Waals surface area contributed by atoms with E-state index in [0.717, 1.165) is 35.9 Å². The van der Waals surface area contributed by atoms with E-state index in [2.05, 4.69) is 5.32 Å². The highest BCUT2D eigenvalue weighted by Crippen LogP contribution is 2.25. The Labute approximate surface area is 167 Å². The second-order valence-electron chi connectivity index (χ2n) is 7.03. The molecule has 2 aromatic carbocycles. The van der Waals surface area contributed by atoms with Gasteiger partial charge in [-0.1, -0.05) is 43.5 Å². The number of ether oxygens (including phenoxy) is 1. The minimum atomic E-state index is -0.414. The van der Waals surface area contributed by atoms with Crippen molar-refractivity contribution in [2.75, 3.05) is 19.7 Å². The van der Waals surface area contributed by atoms with E-state index in [1.165, 1.54) is 32.1 Å². The smallest absolute Gasteiger partial charge is 0.248 e. The maximum atomic E-state index is 11.4. The first-order valence-corrected chi connectivity index (χ1v) is 9.56. The van der Waals surface area contributed by atoms with Crippen molar-refractivity contribution < 1.29 is 9.53 Å². The number of nitrogens with two attached hydrogens (primary N) is 1. The van der Waals surface area contributed by atoms with Crippen LogP contribution in [-0.2, 0) is 0 Å². The monoisotopic (exact) mass is 388 g/mol. The first kappa shape index (κ1) is 21.3. The molecule has 1 amide bonds. The van der Waals surface area contributed by atoms with E-state index in [4.69, 9.17) is 10.5 Å². The fourth-order valence-electron chi connectivity index (χ4n) is 3.56. The average Bonchev–Trinajstić information content (AvgIpc) is 2.69. The summed E-state index contributed by atoms with van der Waals surface area (Å²) in [5.74, 6) is 1.26. The lowest BCUT2D eigenvalue weighted by Crippen LogP contribution is -2.28. The summed E-state index contributed by atoms with van der Waals surface area (Å²) in [7, 11) is 0. The zero-order chi connectivity index (χ0) is 18.2. The predicted octanol–water partition coefficient (Wildman–Crippen LogP) is 4.42. The molecule has 27 heavy (non-hydrogen) atoms. The summed E-state index contributed by atoms with van der Waals surface area (Å²) in [5.41, 5.74) is 7.86. The van der Waals surface area contributed by atoms with Gasteiger partial charge in [0.1, 0.15) is 12.4 Å². The van der Waals surface area contributed by atoms with Crippen molar-refractivity contribution in [1.29, 1.82) is 0 Å². The second kappa shape index (κ2) is 11.0. The molecule has 3 N–H and O–H groups in total. The van der Waals surface area contributed by atoms with Crippen molar-refractivity contribution in [3.05, 3.63) is 54.1 Å². The molecule has 1 saturated carbocycles. The Morgan fingerprint density at radius 3 is 2.48 bits per heavy atom. The number of benzene rings is 2. The molecule has 4 nitrogen and oxygen atoms in total. The number of primary amides is 1. The molecule has 146 valence electrons. The van der Waals surface area contributed by atoms with Crippen LogP contribution in [-0.4, -0.2) is 25.6 Å². The first-order chi connectivity index (χ1) is 12.7. The summed E-state index contributed by atoms with van der Waals surface area (Å²) in [6.07, 6.45) is 6.89. The Hall–Kier alpha value is -2.04. The highest BCUT2D eigenvalue weighted by Gasteiger charge is 2.12. The van der Waals surface area contributed by atoms with E-state index in [1.54, 1.807) is 6.07 Å². The maximum Gasteiger partial charge on any atom is 0.248 e. The van der Waals surface area contributed by atoms with Crippen LogP contribution < -0.4 is 15.8 Å². The SMILES string of the molecule is Cl.NC(=O)c1cccc(-c2cccc(OCCNCC3CCCCC3)c2)c1. The van der Waals surface area contributed by atoms with E-state index in [0.29, 0.717) is 12.2 Å². The van der Waals surface area contributed by atoms with E-state index in [-0.39, 0.29) is 12.4 Å². The highest BCUT2D eigenvalue weighted by molar-refractivity contribution is 5.94. The van der Waals surface area contributed by atoms with E-state index >= 15 is 0 Å². The topological polar surface area (TPSA) is 64.4 Å². The third kappa shape index (κ3) is 6.56. The summed E-state index contributed by atoms with van der Waals surface area (Å²) in [5, 5.41) is 3.52. The summed E-state index contributed by atoms with van der Waals surface area (Å²) >= 11 is 0. The molecule has 0 heterocycles. The molecule has 1 aliphatic carbocycles. The highest BCUT2D eigenvalue weighted by atomic mass is 35.5. The molecule has 0 spiro atoms. The Bertz CT molecular complexity index is 730. The summed E-state index contributed by atoms with van der Waals surface area (Å²) in [6, 6.07) is 15.3. The lowest BCUT2D eigenvalue weighted by molar-refractivity contribution is 0.100. The minimum Gasteiger partial charge on any atom is -0.492 e. The molecule has 1 fully saturated rings. The van der Waals surface area contributed by atoms with Crippen LogP contribution in [0.15, 0.2) is 48.5 Å². The molecule has 0 bridgehead atoms.